The summed E-state index contributed by atoms with van der Waals surface area (Å²) in [5, 5.41) is 22.5. The van der Waals surface area contributed by atoms with Gasteiger partial charge in [0, 0.05) is 0 Å². The second kappa shape index (κ2) is 9.21. The monoisotopic (exact) mass is 444 g/mol. The molecule has 0 aromatic rings. The van der Waals surface area contributed by atoms with Gasteiger partial charge in [-0.05, 0) is 126 Å². The maximum Gasteiger partial charge on any atom is 0.0656 e. The molecule has 2 nitrogen and oxygen atoms in total. The van der Waals surface area contributed by atoms with Crippen molar-refractivity contribution in [1.82, 2.24) is 0 Å². The summed E-state index contributed by atoms with van der Waals surface area (Å²) < 4.78 is 0. The van der Waals surface area contributed by atoms with Crippen LogP contribution in [0.3, 0.4) is 0 Å². The van der Waals surface area contributed by atoms with Crippen molar-refractivity contribution in [3.05, 3.63) is 23.3 Å². The van der Waals surface area contributed by atoms with E-state index in [9.17, 15) is 10.2 Å². The Morgan fingerprint density at radius 1 is 0.875 bits per heavy atom. The summed E-state index contributed by atoms with van der Waals surface area (Å²) >= 11 is 0. The van der Waals surface area contributed by atoms with Crippen molar-refractivity contribution in [3.63, 3.8) is 0 Å². The summed E-state index contributed by atoms with van der Waals surface area (Å²) in [7, 11) is 0. The third-order valence-electron chi connectivity index (χ3n) is 10.6. The van der Waals surface area contributed by atoms with Gasteiger partial charge in [-0.2, -0.15) is 0 Å². The highest BCUT2D eigenvalue weighted by molar-refractivity contribution is 5.15. The number of hydrogen-bond donors (Lipinski definition) is 2. The fourth-order valence-electron chi connectivity index (χ4n) is 8.81. The zero-order chi connectivity index (χ0) is 23.9. The van der Waals surface area contributed by atoms with Gasteiger partial charge in [-0.15, -0.1) is 0 Å². The molecule has 0 aromatic heterocycles. The van der Waals surface area contributed by atoms with Gasteiger partial charge in [-0.25, -0.2) is 0 Å². The molecule has 3 saturated carbocycles. The smallest absolute Gasteiger partial charge is 0.0656 e. The number of aliphatic hydroxyl groups is 2. The van der Waals surface area contributed by atoms with Gasteiger partial charge in [0.15, 0.2) is 0 Å². The van der Waals surface area contributed by atoms with Crippen LogP contribution in [0, 0.1) is 34.0 Å². The summed E-state index contributed by atoms with van der Waals surface area (Å²) in [6.07, 6.45) is 15.5. The molecule has 2 heteroatoms. The van der Waals surface area contributed by atoms with Crippen molar-refractivity contribution in [2.24, 2.45) is 34.0 Å². The molecule has 3 aliphatic carbocycles. The lowest BCUT2D eigenvalue weighted by atomic mass is 9.42. The number of rotatable bonds is 7. The molecule has 3 aliphatic rings. The molecule has 184 valence electrons. The predicted molar refractivity (Wildman–Crippen MR) is 136 cm³/mol. The minimum Gasteiger partial charge on any atom is -0.393 e. The molecule has 7 unspecified atom stereocenters. The Hall–Kier alpha value is -0.600. The standard InChI is InChI=1S/C30H52O2/c1-21(2)11-9-12-22(3)13-10-18-30(8,32)25-15-14-24-28(6)20-17-26(31)27(4,5)23(28)16-19-29(24,25)7/h11,13,23-26,31-32H,9-10,12,14-20H2,1-8H3. The quantitative estimate of drug-likeness (QED) is 0.393. The Bertz CT molecular complexity index is 725. The van der Waals surface area contributed by atoms with E-state index in [4.69, 9.17) is 0 Å². The summed E-state index contributed by atoms with van der Waals surface area (Å²) in [6.45, 7) is 18.3. The van der Waals surface area contributed by atoms with Crippen LogP contribution in [-0.4, -0.2) is 21.9 Å². The fraction of sp³-hybridized carbons (Fsp3) is 0.867. The maximum absolute atomic E-state index is 11.7. The summed E-state index contributed by atoms with van der Waals surface area (Å²) in [4.78, 5) is 0. The molecule has 7 atom stereocenters. The average molecular weight is 445 g/mol. The summed E-state index contributed by atoms with van der Waals surface area (Å²) in [6, 6.07) is 0. The molecule has 3 fully saturated rings. The van der Waals surface area contributed by atoms with Crippen molar-refractivity contribution in [2.45, 2.75) is 131 Å². The van der Waals surface area contributed by atoms with E-state index in [1.54, 1.807) is 0 Å². The molecule has 0 heterocycles. The van der Waals surface area contributed by atoms with Crippen LogP contribution in [0.5, 0.6) is 0 Å². The molecular formula is C30H52O2. The highest BCUT2D eigenvalue weighted by Crippen LogP contribution is 2.71. The SMILES string of the molecule is CC(C)=CCCC(C)=CCCC(C)(O)C1CCC2C1(C)CCC1C(C)(C)C(O)CCC12C. The van der Waals surface area contributed by atoms with E-state index in [1.165, 1.54) is 30.4 Å². The van der Waals surface area contributed by atoms with E-state index in [1.807, 2.05) is 0 Å². The molecule has 3 rings (SSSR count). The predicted octanol–water partition coefficient (Wildman–Crippen LogP) is 7.84. The zero-order valence-corrected chi connectivity index (χ0v) is 22.4. The Morgan fingerprint density at radius 2 is 1.53 bits per heavy atom. The van der Waals surface area contributed by atoms with Gasteiger partial charge in [-0.1, -0.05) is 51.0 Å². The van der Waals surface area contributed by atoms with E-state index in [0.717, 1.165) is 44.9 Å². The topological polar surface area (TPSA) is 40.5 Å². The first-order valence-electron chi connectivity index (χ1n) is 13.4. The van der Waals surface area contributed by atoms with Crippen LogP contribution in [-0.2, 0) is 0 Å². The number of aliphatic hydroxyl groups excluding tert-OH is 1. The second-order valence-electron chi connectivity index (χ2n) is 13.4. The first-order chi connectivity index (χ1) is 14.7. The number of allylic oxidation sites excluding steroid dienone is 4. The Labute approximate surface area is 199 Å². The highest BCUT2D eigenvalue weighted by atomic mass is 16.3. The minimum atomic E-state index is -0.604. The van der Waals surface area contributed by atoms with Crippen molar-refractivity contribution in [1.29, 1.82) is 0 Å². The molecule has 0 aliphatic heterocycles. The molecule has 0 aromatic carbocycles. The van der Waals surface area contributed by atoms with Gasteiger partial charge in [0.25, 0.3) is 0 Å². The van der Waals surface area contributed by atoms with E-state index < -0.39 is 5.60 Å². The molecule has 0 amide bonds. The van der Waals surface area contributed by atoms with Crippen molar-refractivity contribution in [2.75, 3.05) is 0 Å². The Balaban J connectivity index is 1.69. The summed E-state index contributed by atoms with van der Waals surface area (Å²) in [5.41, 5.74) is 2.75. The first kappa shape index (κ1) is 26.0. The van der Waals surface area contributed by atoms with Gasteiger partial charge in [-0.3, -0.25) is 0 Å². The Morgan fingerprint density at radius 3 is 2.19 bits per heavy atom. The second-order valence-corrected chi connectivity index (χ2v) is 13.4. The normalized spacial score (nSPS) is 40.9. The summed E-state index contributed by atoms with van der Waals surface area (Å²) in [5.74, 6) is 1.64. The van der Waals surface area contributed by atoms with Crippen LogP contribution in [0.25, 0.3) is 0 Å². The first-order valence-corrected chi connectivity index (χ1v) is 13.4. The van der Waals surface area contributed by atoms with Crippen LogP contribution in [0.15, 0.2) is 23.3 Å². The third kappa shape index (κ3) is 4.65. The number of fused-ring (bicyclic) bond motifs is 3. The van der Waals surface area contributed by atoms with Crippen LogP contribution in [0.2, 0.25) is 0 Å². The van der Waals surface area contributed by atoms with Gasteiger partial charge in [0.2, 0.25) is 0 Å². The lowest BCUT2D eigenvalue weighted by Gasteiger charge is -2.63. The third-order valence-corrected chi connectivity index (χ3v) is 10.6. The minimum absolute atomic E-state index is 0.00274. The van der Waals surface area contributed by atoms with Gasteiger partial charge in [0.05, 0.1) is 11.7 Å². The molecule has 2 N–H and O–H groups in total. The zero-order valence-electron chi connectivity index (χ0n) is 22.4. The number of hydrogen-bond acceptors (Lipinski definition) is 2. The van der Waals surface area contributed by atoms with Crippen LogP contribution < -0.4 is 0 Å². The molecule has 32 heavy (non-hydrogen) atoms. The Kier molecular flexibility index (Phi) is 7.49. The van der Waals surface area contributed by atoms with Crippen LogP contribution in [0.1, 0.15) is 120 Å². The molecular weight excluding hydrogens is 392 g/mol. The van der Waals surface area contributed by atoms with Gasteiger partial charge in [0.1, 0.15) is 0 Å². The lowest BCUT2D eigenvalue weighted by molar-refractivity contribution is -0.180. The largest absolute Gasteiger partial charge is 0.393 e. The highest BCUT2D eigenvalue weighted by Gasteiger charge is 2.65. The molecule has 0 saturated heterocycles. The fourth-order valence-corrected chi connectivity index (χ4v) is 8.81. The molecule has 0 bridgehead atoms. The maximum atomic E-state index is 11.7. The van der Waals surface area contributed by atoms with E-state index >= 15 is 0 Å². The molecule has 0 spiro atoms. The van der Waals surface area contributed by atoms with Gasteiger partial charge >= 0.3 is 0 Å². The lowest BCUT2D eigenvalue weighted by Crippen LogP contribution is -2.59. The van der Waals surface area contributed by atoms with E-state index in [-0.39, 0.29) is 16.9 Å². The van der Waals surface area contributed by atoms with E-state index in [0.29, 0.717) is 23.2 Å². The van der Waals surface area contributed by atoms with Crippen molar-refractivity contribution < 1.29 is 10.2 Å². The molecule has 0 radical (unpaired) electrons. The van der Waals surface area contributed by atoms with Crippen molar-refractivity contribution in [3.8, 4) is 0 Å². The van der Waals surface area contributed by atoms with Crippen molar-refractivity contribution >= 4 is 0 Å². The average Bonchev–Trinajstić information content (AvgIpc) is 3.04. The van der Waals surface area contributed by atoms with Gasteiger partial charge < -0.3 is 10.2 Å². The van der Waals surface area contributed by atoms with Crippen LogP contribution >= 0.6 is 0 Å². The van der Waals surface area contributed by atoms with Crippen LogP contribution in [0.4, 0.5) is 0 Å². The van der Waals surface area contributed by atoms with E-state index in [2.05, 4.69) is 67.5 Å².